The molecule has 1 fully saturated rings. The Morgan fingerprint density at radius 2 is 1.01 bits per heavy atom. The number of carbonyl (C=O) groups excluding carboxylic acids is 9. The Morgan fingerprint density at radius 3 is 1.47 bits per heavy atom. The molecule has 506 valence electrons. The molecule has 0 saturated carbocycles. The highest BCUT2D eigenvalue weighted by Crippen LogP contribution is 2.37. The van der Waals surface area contributed by atoms with Gasteiger partial charge in [0.15, 0.2) is 0 Å². The highest BCUT2D eigenvalue weighted by atomic mass is 32.2. The van der Waals surface area contributed by atoms with Gasteiger partial charge in [0.2, 0.25) is 41.4 Å². The number of thioether (sulfide) groups is 2. The summed E-state index contributed by atoms with van der Waals surface area (Å²) >= 11 is 1.69. The van der Waals surface area contributed by atoms with Crippen LogP contribution >= 0.6 is 23.5 Å². The van der Waals surface area contributed by atoms with Crippen molar-refractivity contribution in [2.75, 3.05) is 190 Å². The number of carbonyl (C=O) groups is 12. The highest BCUT2D eigenvalue weighted by Gasteiger charge is 2.40. The van der Waals surface area contributed by atoms with Crippen molar-refractivity contribution >= 4 is 94.6 Å². The molecule has 2 aliphatic rings. The summed E-state index contributed by atoms with van der Waals surface area (Å²) in [5.41, 5.74) is 5.63. The number of imide groups is 1. The number of nitrogens with one attached hydrogen (secondary N) is 5. The van der Waals surface area contributed by atoms with Crippen LogP contribution in [0.3, 0.4) is 0 Å². The predicted molar refractivity (Wildman–Crippen MR) is 331 cm³/mol. The maximum absolute atomic E-state index is 14.5. The van der Waals surface area contributed by atoms with Crippen LogP contribution in [0.4, 0.5) is 0 Å². The third-order valence-electron chi connectivity index (χ3n) is 13.7. The second kappa shape index (κ2) is 46.1. The van der Waals surface area contributed by atoms with Crippen molar-refractivity contribution in [3.05, 3.63) is 9.81 Å². The van der Waals surface area contributed by atoms with E-state index in [9.17, 15) is 72.9 Å². The molecule has 1 saturated heterocycles. The first-order valence-electron chi connectivity index (χ1n) is 30.3. The van der Waals surface area contributed by atoms with E-state index in [1.165, 1.54) is 23.9 Å². The van der Waals surface area contributed by atoms with Crippen LogP contribution in [0.15, 0.2) is 9.81 Å². The van der Waals surface area contributed by atoms with Gasteiger partial charge < -0.3 is 71.6 Å². The molecule has 2 atom stereocenters. The Labute approximate surface area is 529 Å². The average Bonchev–Trinajstić information content (AvgIpc) is 1.76. The van der Waals surface area contributed by atoms with E-state index in [1.807, 2.05) is 25.7 Å². The van der Waals surface area contributed by atoms with Crippen LogP contribution in [-0.2, 0) is 71.7 Å². The number of primary amides is 1. The first-order chi connectivity index (χ1) is 42.6. The minimum Gasteiger partial charge on any atom is -0.480 e. The third-order valence-corrected chi connectivity index (χ3v) is 16.2. The maximum Gasteiger partial charge on any atom is 0.317 e. The number of hydrogen-bond acceptors (Lipinski definition) is 22. The van der Waals surface area contributed by atoms with Crippen molar-refractivity contribution in [2.24, 2.45) is 5.73 Å². The highest BCUT2D eigenvalue weighted by molar-refractivity contribution is 8.08. The molecule has 0 aliphatic carbocycles. The van der Waals surface area contributed by atoms with Gasteiger partial charge in [-0.3, -0.25) is 82.0 Å². The number of rotatable bonds is 46. The molecule has 31 nitrogen and oxygen atoms in total. The van der Waals surface area contributed by atoms with Crippen molar-refractivity contribution in [2.45, 2.75) is 84.2 Å². The van der Waals surface area contributed by atoms with E-state index >= 15 is 0 Å². The van der Waals surface area contributed by atoms with E-state index in [-0.39, 0.29) is 184 Å². The Morgan fingerprint density at radius 1 is 0.551 bits per heavy atom. The molecule has 0 radical (unpaired) electrons. The van der Waals surface area contributed by atoms with Gasteiger partial charge in [-0.25, -0.2) is 0 Å². The summed E-state index contributed by atoms with van der Waals surface area (Å²) in [7, 11) is 2.99. The lowest BCUT2D eigenvalue weighted by molar-refractivity contribution is -0.143. The first-order valence-corrected chi connectivity index (χ1v) is 32.2. The lowest BCUT2D eigenvalue weighted by atomic mass is 10.2. The Bertz CT molecular complexity index is 2290. The molecular weight excluding hydrogens is 1210 g/mol. The summed E-state index contributed by atoms with van der Waals surface area (Å²) in [6.07, 6.45) is 3.95. The third kappa shape index (κ3) is 33.6. The van der Waals surface area contributed by atoms with Crippen LogP contribution in [0, 0.1) is 0 Å². The fourth-order valence-corrected chi connectivity index (χ4v) is 11.4. The van der Waals surface area contributed by atoms with E-state index in [4.69, 9.17) is 19.9 Å². The number of nitrogens with two attached hydrogens (primary N) is 1. The standard InChI is InChI=1S/C56H97N13O18S2/c1-6-9-10-13-43(70)62-42(54(82)68(16-8-3)35-47(74)67(15-7-2)34-45(72)59-5)40-89-52-51(88-39-41(53(57)81)61-44(71)32-58-4)55(83)69(56(52)84)17-12-27-86-29-31-87-30-28-85-26-11-14-60-46(73)33-63-18-20-64(36-48(75)76)22-24-66(38-50(79)80)25-23-65(21-19-63)37-49(77)78/h41-42,58H,6-40H2,1-5H3,(H2,57,81)(H,59,72)(H,60,73)(H,61,71)(H,62,70)(H,75,76)(H,77,78)(H,79,80). The molecule has 0 aromatic heterocycles. The molecule has 0 bridgehead atoms. The van der Waals surface area contributed by atoms with Crippen LogP contribution in [0.1, 0.15) is 72.1 Å². The quantitative estimate of drug-likeness (QED) is 0.0216. The number of carboxylic acids is 3. The van der Waals surface area contributed by atoms with Crippen molar-refractivity contribution < 1.29 is 87.1 Å². The second-order valence-corrected chi connectivity index (χ2v) is 23.2. The van der Waals surface area contributed by atoms with Gasteiger partial charge in [-0.1, -0.05) is 33.6 Å². The molecule has 0 aromatic rings. The van der Waals surface area contributed by atoms with E-state index in [2.05, 4.69) is 26.6 Å². The van der Waals surface area contributed by atoms with Crippen LogP contribution in [0.2, 0.25) is 0 Å². The van der Waals surface area contributed by atoms with E-state index in [0.29, 0.717) is 51.9 Å². The number of amides is 9. The minimum absolute atomic E-state index is 0.0154. The summed E-state index contributed by atoms with van der Waals surface area (Å²) in [5.74, 6) is -8.58. The zero-order valence-electron chi connectivity index (χ0n) is 52.4. The van der Waals surface area contributed by atoms with Crippen LogP contribution in [0.5, 0.6) is 0 Å². The molecule has 2 heterocycles. The summed E-state index contributed by atoms with van der Waals surface area (Å²) in [5, 5.41) is 41.7. The number of ether oxygens (including phenoxy) is 3. The first kappa shape index (κ1) is 79.1. The van der Waals surface area contributed by atoms with Crippen LogP contribution < -0.4 is 32.3 Å². The molecule has 2 unspecified atom stereocenters. The lowest BCUT2D eigenvalue weighted by Gasteiger charge is -2.32. The number of carboxylic acid groups (broad SMARTS) is 3. The fourth-order valence-electron chi connectivity index (χ4n) is 9.05. The van der Waals surface area contributed by atoms with Gasteiger partial charge in [-0.05, 0) is 39.2 Å². The SMILES string of the molecule is CCCCCC(=O)NC(CSC1=C(SCC(NC(=O)CNC)C(N)=O)C(=O)N(CCCOCCOCCOCCCNC(=O)CN2CCN(CC(=O)O)CCN(CC(=O)O)CCN(CC(=O)O)CC2)C1=O)C(=O)N(CCC)CC(=O)N(CCC)CC(=O)NC. The predicted octanol–water partition coefficient (Wildman–Crippen LogP) is -3.07. The molecule has 9 amide bonds. The van der Waals surface area contributed by atoms with Crippen molar-refractivity contribution in [3.8, 4) is 0 Å². The fraction of sp³-hybridized carbons (Fsp3) is 0.750. The lowest BCUT2D eigenvalue weighted by Crippen LogP contribution is -2.53. The molecule has 10 N–H and O–H groups in total. The van der Waals surface area contributed by atoms with Crippen LogP contribution in [-0.4, -0.2) is 322 Å². The zero-order chi connectivity index (χ0) is 66.1. The summed E-state index contributed by atoms with van der Waals surface area (Å²) < 4.78 is 17.0. The van der Waals surface area contributed by atoms with Gasteiger partial charge in [0.1, 0.15) is 12.1 Å². The van der Waals surface area contributed by atoms with Crippen molar-refractivity contribution in [1.82, 2.24) is 60.9 Å². The Balaban J connectivity index is 2.01. The number of hydrogen-bond donors (Lipinski definition) is 9. The summed E-state index contributed by atoms with van der Waals surface area (Å²) in [6.45, 7) is 8.20. The molecule has 0 spiro atoms. The molecular formula is C56H97N13O18S2. The van der Waals surface area contributed by atoms with Gasteiger partial charge in [0.25, 0.3) is 11.8 Å². The molecule has 0 aromatic carbocycles. The van der Waals surface area contributed by atoms with Gasteiger partial charge in [-0.2, -0.15) is 0 Å². The molecule has 2 rings (SSSR count). The zero-order valence-corrected chi connectivity index (χ0v) is 54.0. The number of likely N-dealkylation sites (N-methyl/N-ethyl adjacent to an activating group) is 2. The maximum atomic E-state index is 14.5. The Kier molecular flexibility index (Phi) is 40.9. The van der Waals surface area contributed by atoms with Gasteiger partial charge in [-0.15, -0.1) is 23.5 Å². The van der Waals surface area contributed by atoms with Crippen molar-refractivity contribution in [1.29, 1.82) is 0 Å². The van der Waals surface area contributed by atoms with E-state index in [1.54, 1.807) is 14.7 Å². The second-order valence-electron chi connectivity index (χ2n) is 21.1. The van der Waals surface area contributed by atoms with Gasteiger partial charge >= 0.3 is 17.9 Å². The smallest absolute Gasteiger partial charge is 0.317 e. The van der Waals surface area contributed by atoms with Crippen LogP contribution in [0.25, 0.3) is 0 Å². The normalized spacial score (nSPS) is 15.6. The summed E-state index contributed by atoms with van der Waals surface area (Å²) in [4.78, 5) is 165. The molecule has 33 heteroatoms. The number of unbranched alkanes of at least 4 members (excludes halogenated alkanes) is 2. The summed E-state index contributed by atoms with van der Waals surface area (Å²) in [6, 6.07) is -2.50. The number of nitrogens with zero attached hydrogens (tertiary/aromatic N) is 7. The van der Waals surface area contributed by atoms with Gasteiger partial charge in [0.05, 0.1) is 82.1 Å². The van der Waals surface area contributed by atoms with Crippen molar-refractivity contribution in [3.63, 3.8) is 0 Å². The topological polar surface area (TPSA) is 402 Å². The monoisotopic (exact) mass is 1300 g/mol. The van der Waals surface area contributed by atoms with E-state index < -0.39 is 71.3 Å². The average molecular weight is 1300 g/mol. The van der Waals surface area contributed by atoms with Gasteiger partial charge in [0, 0.05) is 117 Å². The Hall–Kier alpha value is -6.04. The number of aliphatic carboxylic acids is 3. The minimum atomic E-state index is -1.26. The molecule has 89 heavy (non-hydrogen) atoms. The van der Waals surface area contributed by atoms with E-state index in [0.717, 1.165) is 41.3 Å². The molecule has 2 aliphatic heterocycles. The largest absolute Gasteiger partial charge is 0.480 e.